The van der Waals surface area contributed by atoms with Crippen molar-refractivity contribution in [2.45, 2.75) is 45.9 Å². The van der Waals surface area contributed by atoms with Gasteiger partial charge in [-0.1, -0.05) is 6.92 Å². The summed E-state index contributed by atoms with van der Waals surface area (Å²) in [6.07, 6.45) is 1.44. The lowest BCUT2D eigenvalue weighted by Gasteiger charge is -2.27. The smallest absolute Gasteiger partial charge is 0.409 e. The summed E-state index contributed by atoms with van der Waals surface area (Å²) in [5.41, 5.74) is -0.625. The van der Waals surface area contributed by atoms with Gasteiger partial charge >= 0.3 is 6.09 Å². The first kappa shape index (κ1) is 14.2. The molecule has 0 fully saturated rings. The van der Waals surface area contributed by atoms with Crippen LogP contribution in [0.1, 0.15) is 34.1 Å². The third kappa shape index (κ3) is 3.58. The number of rotatable bonds is 3. The number of hydrogen-bond acceptors (Lipinski definition) is 4. The van der Waals surface area contributed by atoms with Gasteiger partial charge < -0.3 is 10.1 Å². The van der Waals surface area contributed by atoms with Crippen LogP contribution in [0.4, 0.5) is 4.79 Å². The highest BCUT2D eigenvalue weighted by Gasteiger charge is 2.32. The molecule has 0 bridgehead atoms. The number of carbonyl (C=O) groups excluding carboxylic acids is 3. The monoisotopic (exact) mass is 254 g/mol. The summed E-state index contributed by atoms with van der Waals surface area (Å²) in [5, 5.41) is 2.51. The van der Waals surface area contributed by atoms with Crippen molar-refractivity contribution in [2.75, 3.05) is 0 Å². The Bertz CT molecular complexity index is 377. The standard InChI is InChI=1S/C12H18N2O4/c1-5-8(13-11(17)18-12(2,3)4)14-9(15)6-7-10(14)16/h6-8H,5H2,1-4H3,(H,13,17). The molecule has 1 aliphatic rings. The number of ether oxygens (including phenoxy) is 1. The van der Waals surface area contributed by atoms with Crippen LogP contribution in [0.5, 0.6) is 0 Å². The minimum absolute atomic E-state index is 0.415. The predicted octanol–water partition coefficient (Wildman–Crippen LogP) is 1.17. The van der Waals surface area contributed by atoms with E-state index < -0.39 is 29.7 Å². The molecule has 100 valence electrons. The highest BCUT2D eigenvalue weighted by molar-refractivity contribution is 6.13. The molecule has 1 unspecified atom stereocenters. The highest BCUT2D eigenvalue weighted by Crippen LogP contribution is 2.12. The lowest BCUT2D eigenvalue weighted by atomic mass is 10.2. The molecule has 1 rings (SSSR count). The zero-order valence-electron chi connectivity index (χ0n) is 11.0. The van der Waals surface area contributed by atoms with Crippen molar-refractivity contribution in [3.05, 3.63) is 12.2 Å². The molecular formula is C12H18N2O4. The van der Waals surface area contributed by atoms with Crippen molar-refractivity contribution in [1.82, 2.24) is 10.2 Å². The normalized spacial score (nSPS) is 17.0. The Balaban J connectivity index is 2.66. The van der Waals surface area contributed by atoms with E-state index in [4.69, 9.17) is 4.74 Å². The number of imide groups is 1. The molecule has 1 atom stereocenters. The number of nitrogens with one attached hydrogen (secondary N) is 1. The Morgan fingerprint density at radius 3 is 2.22 bits per heavy atom. The molecule has 1 N–H and O–H groups in total. The molecule has 18 heavy (non-hydrogen) atoms. The summed E-state index contributed by atoms with van der Waals surface area (Å²) >= 11 is 0. The molecule has 1 heterocycles. The van der Waals surface area contributed by atoms with E-state index in [9.17, 15) is 14.4 Å². The molecule has 6 nitrogen and oxygen atoms in total. The van der Waals surface area contributed by atoms with Crippen LogP contribution in [0.25, 0.3) is 0 Å². The SMILES string of the molecule is CCC(NC(=O)OC(C)(C)C)N1C(=O)C=CC1=O. The van der Waals surface area contributed by atoms with Gasteiger partial charge in [0.2, 0.25) is 0 Å². The summed E-state index contributed by atoms with van der Waals surface area (Å²) in [7, 11) is 0. The van der Waals surface area contributed by atoms with Crippen molar-refractivity contribution in [1.29, 1.82) is 0 Å². The molecule has 0 saturated carbocycles. The predicted molar refractivity (Wildman–Crippen MR) is 64.4 cm³/mol. The Kier molecular flexibility index (Phi) is 4.11. The summed E-state index contributed by atoms with van der Waals surface area (Å²) in [5.74, 6) is -0.856. The van der Waals surface area contributed by atoms with Gasteiger partial charge in [-0.15, -0.1) is 0 Å². The van der Waals surface area contributed by atoms with Gasteiger partial charge in [-0.2, -0.15) is 0 Å². The van der Waals surface area contributed by atoms with E-state index >= 15 is 0 Å². The van der Waals surface area contributed by atoms with E-state index in [2.05, 4.69) is 5.32 Å². The number of amides is 3. The second kappa shape index (κ2) is 5.20. The van der Waals surface area contributed by atoms with E-state index in [0.29, 0.717) is 6.42 Å². The van der Waals surface area contributed by atoms with E-state index in [1.165, 1.54) is 12.2 Å². The first-order valence-corrected chi connectivity index (χ1v) is 5.79. The molecule has 0 saturated heterocycles. The maximum absolute atomic E-state index is 11.6. The third-order valence-electron chi connectivity index (χ3n) is 2.23. The molecule has 0 radical (unpaired) electrons. The van der Waals surface area contributed by atoms with Gasteiger partial charge in [-0.25, -0.2) is 4.79 Å². The number of nitrogens with zero attached hydrogens (tertiary/aromatic N) is 1. The maximum Gasteiger partial charge on any atom is 0.409 e. The van der Waals surface area contributed by atoms with Gasteiger partial charge in [0.1, 0.15) is 11.8 Å². The van der Waals surface area contributed by atoms with Gasteiger partial charge in [0.25, 0.3) is 11.8 Å². The van der Waals surface area contributed by atoms with Crippen LogP contribution in [0, 0.1) is 0 Å². The first-order valence-electron chi connectivity index (χ1n) is 5.79. The van der Waals surface area contributed by atoms with Crippen LogP contribution in [0.2, 0.25) is 0 Å². The van der Waals surface area contributed by atoms with Crippen LogP contribution in [-0.4, -0.2) is 34.6 Å². The quantitative estimate of drug-likeness (QED) is 0.767. The molecular weight excluding hydrogens is 236 g/mol. The average molecular weight is 254 g/mol. The van der Waals surface area contributed by atoms with Gasteiger partial charge in [-0.3, -0.25) is 14.5 Å². The maximum atomic E-state index is 11.6. The third-order valence-corrected chi connectivity index (χ3v) is 2.23. The fraction of sp³-hybridized carbons (Fsp3) is 0.583. The van der Waals surface area contributed by atoms with Crippen molar-refractivity contribution in [2.24, 2.45) is 0 Å². The second-order valence-corrected chi connectivity index (χ2v) is 4.95. The average Bonchev–Trinajstić information content (AvgIpc) is 2.53. The summed E-state index contributed by atoms with van der Waals surface area (Å²) < 4.78 is 5.08. The molecule has 0 aliphatic carbocycles. The van der Waals surface area contributed by atoms with Crippen LogP contribution in [0.15, 0.2) is 12.2 Å². The molecule has 0 aromatic carbocycles. The number of carbonyl (C=O) groups is 3. The largest absolute Gasteiger partial charge is 0.444 e. The van der Waals surface area contributed by atoms with Crippen molar-refractivity contribution in [3.63, 3.8) is 0 Å². The summed E-state index contributed by atoms with van der Waals surface area (Å²) in [6, 6.07) is 0. The van der Waals surface area contributed by atoms with Crippen LogP contribution in [-0.2, 0) is 14.3 Å². The van der Waals surface area contributed by atoms with Gasteiger partial charge in [-0.05, 0) is 27.2 Å². The zero-order chi connectivity index (χ0) is 13.9. The minimum Gasteiger partial charge on any atom is -0.444 e. The van der Waals surface area contributed by atoms with E-state index in [1.807, 2.05) is 0 Å². The van der Waals surface area contributed by atoms with Crippen LogP contribution >= 0.6 is 0 Å². The zero-order valence-corrected chi connectivity index (χ0v) is 11.0. The number of hydrogen-bond donors (Lipinski definition) is 1. The highest BCUT2D eigenvalue weighted by atomic mass is 16.6. The molecule has 0 spiro atoms. The Labute approximate surface area is 106 Å². The molecule has 0 aromatic heterocycles. The Morgan fingerprint density at radius 1 is 1.33 bits per heavy atom. The van der Waals surface area contributed by atoms with E-state index in [-0.39, 0.29) is 0 Å². The minimum atomic E-state index is -0.685. The Hall–Kier alpha value is -1.85. The lowest BCUT2D eigenvalue weighted by molar-refractivity contribution is -0.140. The van der Waals surface area contributed by atoms with Crippen molar-refractivity contribution in [3.8, 4) is 0 Å². The summed E-state index contributed by atoms with van der Waals surface area (Å²) in [4.78, 5) is 35.6. The Morgan fingerprint density at radius 2 is 1.83 bits per heavy atom. The van der Waals surface area contributed by atoms with E-state index in [0.717, 1.165) is 4.90 Å². The molecule has 3 amide bonds. The van der Waals surface area contributed by atoms with Crippen LogP contribution < -0.4 is 5.32 Å². The van der Waals surface area contributed by atoms with Crippen LogP contribution in [0.3, 0.4) is 0 Å². The fourth-order valence-electron chi connectivity index (χ4n) is 1.51. The molecule has 1 aliphatic heterocycles. The fourth-order valence-corrected chi connectivity index (χ4v) is 1.51. The second-order valence-electron chi connectivity index (χ2n) is 4.95. The van der Waals surface area contributed by atoms with Crippen molar-refractivity contribution < 1.29 is 19.1 Å². The lowest BCUT2D eigenvalue weighted by Crippen LogP contribution is -2.51. The van der Waals surface area contributed by atoms with Gasteiger partial charge in [0.05, 0.1) is 0 Å². The van der Waals surface area contributed by atoms with Gasteiger partial charge in [0.15, 0.2) is 0 Å². The van der Waals surface area contributed by atoms with Crippen molar-refractivity contribution >= 4 is 17.9 Å². The number of alkyl carbamates (subject to hydrolysis) is 1. The molecule has 0 aromatic rings. The van der Waals surface area contributed by atoms with Gasteiger partial charge in [0, 0.05) is 12.2 Å². The topological polar surface area (TPSA) is 75.7 Å². The first-order chi connectivity index (χ1) is 8.24. The molecule has 6 heteroatoms. The van der Waals surface area contributed by atoms with E-state index in [1.54, 1.807) is 27.7 Å². The summed E-state index contributed by atoms with van der Waals surface area (Å²) in [6.45, 7) is 6.98.